The maximum Gasteiger partial charge on any atom is 0.342 e. The van der Waals surface area contributed by atoms with Crippen molar-refractivity contribution in [3.63, 3.8) is 0 Å². The van der Waals surface area contributed by atoms with Crippen molar-refractivity contribution in [1.82, 2.24) is 0 Å². The monoisotopic (exact) mass is 290 g/mol. The highest BCUT2D eigenvalue weighted by atomic mass is 16.5. The summed E-state index contributed by atoms with van der Waals surface area (Å²) in [5, 5.41) is 0. The first-order valence-electron chi connectivity index (χ1n) is 7.87. The Morgan fingerprint density at radius 1 is 1.24 bits per heavy atom. The van der Waals surface area contributed by atoms with Crippen molar-refractivity contribution in [2.45, 2.75) is 46.1 Å². The van der Waals surface area contributed by atoms with Crippen molar-refractivity contribution in [1.29, 1.82) is 0 Å². The van der Waals surface area contributed by atoms with E-state index in [9.17, 15) is 4.79 Å². The molecule has 0 bridgehead atoms. The molecule has 0 saturated heterocycles. The standard InChI is InChI=1S/C18H26O3/c1-12(2)14-10-9-13(3)11-17(14)21-18(19)15-7-5-6-8-16(15)20-4/h5-8,12-14,17H,9-11H2,1-4H3/t13-,14+,17-/m0/s1. The maximum absolute atomic E-state index is 12.5. The number of carbonyl (C=O) groups is 1. The molecule has 1 aliphatic rings. The lowest BCUT2D eigenvalue weighted by Crippen LogP contribution is -2.35. The molecule has 2 rings (SSSR count). The third-order valence-electron chi connectivity index (χ3n) is 4.55. The van der Waals surface area contributed by atoms with Gasteiger partial charge in [-0.1, -0.05) is 39.3 Å². The van der Waals surface area contributed by atoms with Crippen molar-refractivity contribution in [3.05, 3.63) is 29.8 Å². The molecule has 0 radical (unpaired) electrons. The zero-order valence-corrected chi connectivity index (χ0v) is 13.5. The predicted molar refractivity (Wildman–Crippen MR) is 83.5 cm³/mol. The summed E-state index contributed by atoms with van der Waals surface area (Å²) >= 11 is 0. The van der Waals surface area contributed by atoms with Crippen LogP contribution in [-0.4, -0.2) is 19.2 Å². The van der Waals surface area contributed by atoms with Crippen molar-refractivity contribution in [2.75, 3.05) is 7.11 Å². The molecule has 0 spiro atoms. The molecule has 0 amide bonds. The molecule has 3 nitrogen and oxygen atoms in total. The van der Waals surface area contributed by atoms with Gasteiger partial charge in [0.15, 0.2) is 0 Å². The molecule has 1 fully saturated rings. The highest BCUT2D eigenvalue weighted by Gasteiger charge is 2.33. The van der Waals surface area contributed by atoms with Gasteiger partial charge in [-0.05, 0) is 42.7 Å². The first-order valence-corrected chi connectivity index (χ1v) is 7.87. The molecule has 1 aromatic rings. The van der Waals surface area contributed by atoms with Gasteiger partial charge in [0.25, 0.3) is 0 Å². The number of carbonyl (C=O) groups excluding carboxylic acids is 1. The van der Waals surface area contributed by atoms with Gasteiger partial charge >= 0.3 is 5.97 Å². The molecule has 0 unspecified atom stereocenters. The number of benzene rings is 1. The number of hydrogen-bond donors (Lipinski definition) is 0. The first kappa shape index (κ1) is 15.9. The fourth-order valence-corrected chi connectivity index (χ4v) is 3.26. The van der Waals surface area contributed by atoms with Crippen LogP contribution in [0.4, 0.5) is 0 Å². The van der Waals surface area contributed by atoms with Crippen LogP contribution in [0.3, 0.4) is 0 Å². The van der Waals surface area contributed by atoms with E-state index in [1.54, 1.807) is 19.2 Å². The number of ether oxygens (including phenoxy) is 2. The van der Waals surface area contributed by atoms with Crippen LogP contribution in [0.25, 0.3) is 0 Å². The fraction of sp³-hybridized carbons (Fsp3) is 0.611. The normalized spacial score (nSPS) is 25.7. The van der Waals surface area contributed by atoms with Crippen molar-refractivity contribution in [2.24, 2.45) is 17.8 Å². The van der Waals surface area contributed by atoms with Gasteiger partial charge in [0.1, 0.15) is 17.4 Å². The Morgan fingerprint density at radius 2 is 1.95 bits per heavy atom. The highest BCUT2D eigenvalue weighted by molar-refractivity contribution is 5.92. The van der Waals surface area contributed by atoms with Crippen LogP contribution in [0.2, 0.25) is 0 Å². The second-order valence-corrected chi connectivity index (χ2v) is 6.47. The van der Waals surface area contributed by atoms with Crippen LogP contribution < -0.4 is 4.74 Å². The van der Waals surface area contributed by atoms with Crippen LogP contribution in [-0.2, 0) is 4.74 Å². The zero-order valence-electron chi connectivity index (χ0n) is 13.5. The second kappa shape index (κ2) is 6.97. The van der Waals surface area contributed by atoms with Crippen LogP contribution in [0.1, 0.15) is 50.4 Å². The summed E-state index contributed by atoms with van der Waals surface area (Å²) in [6.07, 6.45) is 3.35. The molecule has 0 N–H and O–H groups in total. The summed E-state index contributed by atoms with van der Waals surface area (Å²) in [6, 6.07) is 7.25. The third-order valence-corrected chi connectivity index (χ3v) is 4.55. The predicted octanol–water partition coefficient (Wildman–Crippen LogP) is 4.31. The largest absolute Gasteiger partial charge is 0.496 e. The van der Waals surface area contributed by atoms with Gasteiger partial charge in [0.05, 0.1) is 7.11 Å². The van der Waals surface area contributed by atoms with E-state index in [0.717, 1.165) is 12.8 Å². The molecular weight excluding hydrogens is 264 g/mol. The average Bonchev–Trinajstić information content (AvgIpc) is 2.46. The van der Waals surface area contributed by atoms with Gasteiger partial charge in [-0.2, -0.15) is 0 Å². The molecule has 1 aromatic carbocycles. The van der Waals surface area contributed by atoms with Gasteiger partial charge in [-0.3, -0.25) is 0 Å². The SMILES string of the molecule is COc1ccccc1C(=O)O[C@H]1C[C@@H](C)CC[C@@H]1C(C)C. The van der Waals surface area contributed by atoms with E-state index in [1.807, 2.05) is 12.1 Å². The summed E-state index contributed by atoms with van der Waals surface area (Å²) in [7, 11) is 1.58. The molecule has 116 valence electrons. The highest BCUT2D eigenvalue weighted by Crippen LogP contribution is 2.36. The van der Waals surface area contributed by atoms with Crippen molar-refractivity contribution < 1.29 is 14.3 Å². The molecule has 1 aliphatic carbocycles. The molecule has 0 aromatic heterocycles. The average molecular weight is 290 g/mol. The van der Waals surface area contributed by atoms with Gasteiger partial charge in [0.2, 0.25) is 0 Å². The Kier molecular flexibility index (Phi) is 5.27. The molecule has 0 aliphatic heterocycles. The third kappa shape index (κ3) is 3.78. The molecule has 1 saturated carbocycles. The fourth-order valence-electron chi connectivity index (χ4n) is 3.26. The van der Waals surface area contributed by atoms with E-state index in [1.165, 1.54) is 6.42 Å². The van der Waals surface area contributed by atoms with Gasteiger partial charge in [-0.25, -0.2) is 4.79 Å². The number of esters is 1. The Hall–Kier alpha value is -1.51. The summed E-state index contributed by atoms with van der Waals surface area (Å²) in [6.45, 7) is 6.66. The molecule has 3 heteroatoms. The van der Waals surface area contributed by atoms with Crippen LogP contribution >= 0.6 is 0 Å². The number of para-hydroxylation sites is 1. The first-order chi connectivity index (χ1) is 10.0. The lowest BCUT2D eigenvalue weighted by atomic mass is 9.75. The Balaban J connectivity index is 2.12. The lowest BCUT2D eigenvalue weighted by molar-refractivity contribution is -0.0176. The number of methoxy groups -OCH3 is 1. The zero-order chi connectivity index (χ0) is 15.4. The van der Waals surface area contributed by atoms with E-state index in [-0.39, 0.29) is 12.1 Å². The van der Waals surface area contributed by atoms with Crippen LogP contribution in [0, 0.1) is 17.8 Å². The van der Waals surface area contributed by atoms with Crippen molar-refractivity contribution >= 4 is 5.97 Å². The Labute approximate surface area is 127 Å². The van der Waals surface area contributed by atoms with Crippen LogP contribution in [0.5, 0.6) is 5.75 Å². The maximum atomic E-state index is 12.5. The Morgan fingerprint density at radius 3 is 2.62 bits per heavy atom. The number of hydrogen-bond acceptors (Lipinski definition) is 3. The number of rotatable bonds is 4. The van der Waals surface area contributed by atoms with E-state index in [2.05, 4.69) is 20.8 Å². The molecule has 0 heterocycles. The lowest BCUT2D eigenvalue weighted by Gasteiger charge is -2.36. The molecule has 21 heavy (non-hydrogen) atoms. The smallest absolute Gasteiger partial charge is 0.342 e. The Bertz CT molecular complexity index is 481. The van der Waals surface area contributed by atoms with Gasteiger partial charge < -0.3 is 9.47 Å². The minimum atomic E-state index is -0.266. The summed E-state index contributed by atoms with van der Waals surface area (Å²) < 4.78 is 11.1. The molecule has 3 atom stereocenters. The molecular formula is C18H26O3. The minimum absolute atomic E-state index is 0.0196. The van der Waals surface area contributed by atoms with E-state index < -0.39 is 0 Å². The van der Waals surface area contributed by atoms with Crippen LogP contribution in [0.15, 0.2) is 24.3 Å². The summed E-state index contributed by atoms with van der Waals surface area (Å²) in [4.78, 5) is 12.5. The van der Waals surface area contributed by atoms with Gasteiger partial charge in [-0.15, -0.1) is 0 Å². The minimum Gasteiger partial charge on any atom is -0.496 e. The summed E-state index contributed by atoms with van der Waals surface area (Å²) in [5.74, 6) is 1.92. The van der Waals surface area contributed by atoms with E-state index >= 15 is 0 Å². The summed E-state index contributed by atoms with van der Waals surface area (Å²) in [5.41, 5.74) is 0.515. The quantitative estimate of drug-likeness (QED) is 0.775. The second-order valence-electron chi connectivity index (χ2n) is 6.47. The van der Waals surface area contributed by atoms with Gasteiger partial charge in [0, 0.05) is 0 Å². The van der Waals surface area contributed by atoms with E-state index in [0.29, 0.717) is 29.1 Å². The van der Waals surface area contributed by atoms with E-state index in [4.69, 9.17) is 9.47 Å². The topological polar surface area (TPSA) is 35.5 Å². The van der Waals surface area contributed by atoms with Crippen molar-refractivity contribution in [3.8, 4) is 5.75 Å².